The van der Waals surface area contributed by atoms with Gasteiger partial charge in [0.1, 0.15) is 0 Å². The van der Waals surface area contributed by atoms with E-state index in [4.69, 9.17) is 9.47 Å². The normalized spacial score (nSPS) is 21.7. The molecule has 1 aliphatic carbocycles. The quantitative estimate of drug-likeness (QED) is 0.666. The van der Waals surface area contributed by atoms with Crippen molar-refractivity contribution in [2.24, 2.45) is 0 Å². The van der Waals surface area contributed by atoms with Gasteiger partial charge in [-0.05, 0) is 83.7 Å². The molecule has 1 aliphatic heterocycles. The van der Waals surface area contributed by atoms with Crippen LogP contribution in [0.15, 0.2) is 16.9 Å². The molecule has 1 atom stereocenters. The van der Waals surface area contributed by atoms with Crippen LogP contribution in [0.3, 0.4) is 0 Å². The Labute approximate surface area is 201 Å². The van der Waals surface area contributed by atoms with Crippen LogP contribution >= 0.6 is 0 Å². The molecule has 1 fully saturated rings. The first-order valence-corrected chi connectivity index (χ1v) is 12.4. The Morgan fingerprint density at radius 1 is 1.12 bits per heavy atom. The maximum Gasteiger partial charge on any atom is 0.253 e. The molecule has 7 nitrogen and oxygen atoms in total. The second kappa shape index (κ2) is 9.82. The van der Waals surface area contributed by atoms with Crippen LogP contribution in [0.5, 0.6) is 11.5 Å². The molecule has 0 bridgehead atoms. The number of carbonyl (C=O) groups excluding carboxylic acids is 1. The molecule has 2 aromatic rings. The van der Waals surface area contributed by atoms with Gasteiger partial charge < -0.3 is 24.7 Å². The maximum absolute atomic E-state index is 13.3. The van der Waals surface area contributed by atoms with Gasteiger partial charge in [-0.3, -0.25) is 9.59 Å². The van der Waals surface area contributed by atoms with Gasteiger partial charge in [-0.1, -0.05) is 6.92 Å². The van der Waals surface area contributed by atoms with Gasteiger partial charge in [-0.2, -0.15) is 0 Å². The lowest BCUT2D eigenvalue weighted by molar-refractivity contribution is 0.0665. The van der Waals surface area contributed by atoms with E-state index in [0.717, 1.165) is 60.2 Å². The monoisotopic (exact) mass is 467 g/mol. The van der Waals surface area contributed by atoms with Crippen molar-refractivity contribution in [3.05, 3.63) is 56.0 Å². The molecule has 0 radical (unpaired) electrons. The molecule has 1 unspecified atom stereocenters. The molecular weight excluding hydrogens is 430 g/mol. The number of pyridine rings is 1. The summed E-state index contributed by atoms with van der Waals surface area (Å²) in [7, 11) is 4.28. The highest BCUT2D eigenvalue weighted by molar-refractivity contribution is 5.97. The van der Waals surface area contributed by atoms with Gasteiger partial charge in [0.05, 0.1) is 0 Å². The number of ether oxygens (including phenoxy) is 2. The zero-order valence-corrected chi connectivity index (χ0v) is 21.2. The Balaban J connectivity index is 1.61. The molecule has 7 heteroatoms. The minimum atomic E-state index is -0.373. The zero-order valence-electron chi connectivity index (χ0n) is 21.2. The third kappa shape index (κ3) is 4.71. The van der Waals surface area contributed by atoms with Crippen LogP contribution < -0.4 is 20.3 Å². The van der Waals surface area contributed by atoms with E-state index in [1.807, 2.05) is 39.8 Å². The fourth-order valence-corrected chi connectivity index (χ4v) is 5.37. The Morgan fingerprint density at radius 3 is 2.44 bits per heavy atom. The van der Waals surface area contributed by atoms with Crippen molar-refractivity contribution >= 4 is 5.91 Å². The molecule has 1 saturated carbocycles. The molecule has 2 N–H and O–H groups in total. The van der Waals surface area contributed by atoms with E-state index in [-0.39, 0.29) is 24.3 Å². The summed E-state index contributed by atoms with van der Waals surface area (Å²) < 4.78 is 12.0. The summed E-state index contributed by atoms with van der Waals surface area (Å²) in [6.07, 6.45) is 4.70. The predicted octanol–water partition coefficient (Wildman–Crippen LogP) is 4.19. The van der Waals surface area contributed by atoms with E-state index in [0.29, 0.717) is 28.8 Å². The second-order valence-electron chi connectivity index (χ2n) is 9.89. The van der Waals surface area contributed by atoms with Crippen molar-refractivity contribution < 1.29 is 14.3 Å². The summed E-state index contributed by atoms with van der Waals surface area (Å²) in [5.41, 5.74) is 4.67. The number of carbonyl (C=O) groups is 1. The molecule has 2 aliphatic rings. The van der Waals surface area contributed by atoms with E-state index in [1.54, 1.807) is 0 Å². The highest BCUT2D eigenvalue weighted by Gasteiger charge is 2.34. The summed E-state index contributed by atoms with van der Waals surface area (Å²) >= 11 is 0. The summed E-state index contributed by atoms with van der Waals surface area (Å²) in [5.74, 6) is 1.59. The molecule has 1 aromatic heterocycles. The molecule has 0 saturated heterocycles. The van der Waals surface area contributed by atoms with E-state index >= 15 is 0 Å². The number of hydrogen-bond donors (Lipinski definition) is 2. The number of fused-ring (bicyclic) bond motifs is 1. The summed E-state index contributed by atoms with van der Waals surface area (Å²) in [6.45, 7) is 7.85. The number of hydrogen-bond acceptors (Lipinski definition) is 5. The minimum absolute atomic E-state index is 0.147. The number of amides is 1. The number of aromatic nitrogens is 1. The van der Waals surface area contributed by atoms with Crippen LogP contribution in [0, 0.1) is 13.8 Å². The topological polar surface area (TPSA) is 83.7 Å². The van der Waals surface area contributed by atoms with Crippen LogP contribution in [-0.4, -0.2) is 42.2 Å². The third-order valence-corrected chi connectivity index (χ3v) is 7.36. The molecular formula is C27H37N3O4. The van der Waals surface area contributed by atoms with E-state index in [1.165, 1.54) is 0 Å². The zero-order chi connectivity index (χ0) is 24.6. The van der Waals surface area contributed by atoms with Crippen LogP contribution in [0.4, 0.5) is 0 Å². The number of H-pyrrole nitrogens is 1. The number of nitrogens with one attached hydrogen (secondary N) is 2. The summed E-state index contributed by atoms with van der Waals surface area (Å²) in [6, 6.07) is 4.55. The summed E-state index contributed by atoms with van der Waals surface area (Å²) in [4.78, 5) is 31.0. The molecule has 34 heavy (non-hydrogen) atoms. The van der Waals surface area contributed by atoms with Gasteiger partial charge in [-0.25, -0.2) is 0 Å². The van der Waals surface area contributed by atoms with Crippen molar-refractivity contribution in [3.8, 4) is 11.5 Å². The van der Waals surface area contributed by atoms with Gasteiger partial charge in [0.15, 0.2) is 11.5 Å². The van der Waals surface area contributed by atoms with E-state index < -0.39 is 0 Å². The average molecular weight is 468 g/mol. The largest absolute Gasteiger partial charge is 0.451 e. The maximum atomic E-state index is 13.3. The van der Waals surface area contributed by atoms with Gasteiger partial charge in [0, 0.05) is 47.5 Å². The Hall–Kier alpha value is -2.80. The lowest BCUT2D eigenvalue weighted by Gasteiger charge is -2.33. The first-order chi connectivity index (χ1) is 16.2. The van der Waals surface area contributed by atoms with Gasteiger partial charge in [0.2, 0.25) is 6.29 Å². The van der Waals surface area contributed by atoms with Crippen molar-refractivity contribution in [1.82, 2.24) is 15.2 Å². The van der Waals surface area contributed by atoms with E-state index in [2.05, 4.69) is 29.3 Å². The minimum Gasteiger partial charge on any atom is -0.451 e. The Bertz CT molecular complexity index is 1130. The van der Waals surface area contributed by atoms with Crippen molar-refractivity contribution in [1.29, 1.82) is 0 Å². The molecule has 1 amide bonds. The number of aromatic amines is 1. The molecule has 1 aromatic carbocycles. The Morgan fingerprint density at radius 2 is 1.79 bits per heavy atom. The van der Waals surface area contributed by atoms with Gasteiger partial charge >= 0.3 is 0 Å². The fourth-order valence-electron chi connectivity index (χ4n) is 5.37. The molecule has 0 spiro atoms. The number of benzene rings is 1. The second-order valence-corrected chi connectivity index (χ2v) is 9.89. The van der Waals surface area contributed by atoms with Crippen LogP contribution in [0.1, 0.15) is 83.8 Å². The number of aryl methyl sites for hydroxylation is 2. The van der Waals surface area contributed by atoms with Crippen molar-refractivity contribution in [2.75, 3.05) is 14.1 Å². The van der Waals surface area contributed by atoms with E-state index in [9.17, 15) is 9.59 Å². The standard InChI is InChI=1S/C27H37N3O4/c1-7-18-12-15(2)29-27(32)23(18)14-28-26(31)21-13-22(19-8-10-20(11-9-19)30(5)6)25-24(16(21)3)33-17(4)34-25/h12-13,17,19-20H,7-11,14H2,1-6H3,(H,28,31)(H,29,32). The highest BCUT2D eigenvalue weighted by Crippen LogP contribution is 2.48. The lowest BCUT2D eigenvalue weighted by atomic mass is 9.80. The average Bonchev–Trinajstić information content (AvgIpc) is 3.20. The summed E-state index contributed by atoms with van der Waals surface area (Å²) in [5, 5.41) is 2.98. The van der Waals surface area contributed by atoms with Crippen molar-refractivity contribution in [2.45, 2.75) is 84.6 Å². The molecule has 4 rings (SSSR count). The van der Waals surface area contributed by atoms with Gasteiger partial charge in [0.25, 0.3) is 11.5 Å². The number of rotatable bonds is 6. The van der Waals surface area contributed by atoms with Crippen LogP contribution in [0.25, 0.3) is 0 Å². The Kier molecular flexibility index (Phi) is 7.03. The first kappa shape index (κ1) is 24.3. The third-order valence-electron chi connectivity index (χ3n) is 7.36. The van der Waals surface area contributed by atoms with Crippen LogP contribution in [0.2, 0.25) is 0 Å². The van der Waals surface area contributed by atoms with Crippen molar-refractivity contribution in [3.63, 3.8) is 0 Å². The van der Waals surface area contributed by atoms with Crippen LogP contribution in [-0.2, 0) is 13.0 Å². The molecule has 184 valence electrons. The fraction of sp³-hybridized carbons (Fsp3) is 0.556. The van der Waals surface area contributed by atoms with Gasteiger partial charge in [-0.15, -0.1) is 0 Å². The predicted molar refractivity (Wildman–Crippen MR) is 133 cm³/mol. The number of nitrogens with zero attached hydrogens (tertiary/aromatic N) is 1. The first-order valence-electron chi connectivity index (χ1n) is 12.4. The highest BCUT2D eigenvalue weighted by atomic mass is 16.7. The molecule has 2 heterocycles. The lowest BCUT2D eigenvalue weighted by Crippen LogP contribution is -2.32. The SMILES string of the molecule is CCc1cc(C)[nH]c(=O)c1CNC(=O)c1cc(C2CCC(N(C)C)CC2)c2c(c1C)OC(C)O2. The smallest absolute Gasteiger partial charge is 0.253 e.